The predicted octanol–water partition coefficient (Wildman–Crippen LogP) is 1.14. The van der Waals surface area contributed by atoms with E-state index in [4.69, 9.17) is 10.5 Å². The van der Waals surface area contributed by atoms with Gasteiger partial charge in [0.25, 0.3) is 0 Å². The Balaban J connectivity index is 0.00000200. The maximum absolute atomic E-state index is 12.1. The van der Waals surface area contributed by atoms with Crippen LogP contribution in [0.1, 0.15) is 26.7 Å². The number of nitrogens with two attached hydrogens (primary N) is 1. The molecule has 5 nitrogen and oxygen atoms in total. The van der Waals surface area contributed by atoms with Crippen LogP contribution in [0.5, 0.6) is 0 Å². The molecule has 0 saturated carbocycles. The number of nitrogens with zero attached hydrogens (tertiary/aromatic N) is 2. The summed E-state index contributed by atoms with van der Waals surface area (Å²) in [6.07, 6.45) is 2.19. The molecule has 126 valence electrons. The fourth-order valence-corrected chi connectivity index (χ4v) is 2.88. The van der Waals surface area contributed by atoms with E-state index in [0.717, 1.165) is 58.8 Å². The number of rotatable bonds is 3. The number of hydrogen-bond donors (Lipinski definition) is 1. The van der Waals surface area contributed by atoms with E-state index in [1.54, 1.807) is 13.8 Å². The largest absolute Gasteiger partial charge is 0.379 e. The van der Waals surface area contributed by atoms with Crippen LogP contribution in [0.15, 0.2) is 0 Å². The van der Waals surface area contributed by atoms with Crippen LogP contribution in [0.25, 0.3) is 0 Å². The van der Waals surface area contributed by atoms with Crippen molar-refractivity contribution < 1.29 is 9.53 Å². The molecule has 0 aromatic rings. The molecule has 2 N–H and O–H groups in total. The molecule has 0 aromatic carbocycles. The summed E-state index contributed by atoms with van der Waals surface area (Å²) in [7, 11) is 0. The van der Waals surface area contributed by atoms with Crippen LogP contribution in [0.2, 0.25) is 0 Å². The second-order valence-electron chi connectivity index (χ2n) is 6.37. The summed E-state index contributed by atoms with van der Waals surface area (Å²) in [6.45, 7) is 10.3. The molecule has 0 spiro atoms. The van der Waals surface area contributed by atoms with Crippen LogP contribution < -0.4 is 5.73 Å². The van der Waals surface area contributed by atoms with Crippen molar-refractivity contribution >= 4 is 30.7 Å². The molecule has 7 heteroatoms. The third kappa shape index (κ3) is 6.28. The Kier molecular flexibility index (Phi) is 9.12. The topological polar surface area (TPSA) is 58.8 Å². The van der Waals surface area contributed by atoms with E-state index in [1.807, 2.05) is 4.90 Å². The van der Waals surface area contributed by atoms with E-state index in [2.05, 4.69) is 4.90 Å². The van der Waals surface area contributed by atoms with Crippen LogP contribution in [-0.2, 0) is 9.53 Å². The van der Waals surface area contributed by atoms with Gasteiger partial charge in [-0.3, -0.25) is 9.69 Å². The molecule has 0 radical (unpaired) electrons. The fourth-order valence-electron chi connectivity index (χ4n) is 2.88. The van der Waals surface area contributed by atoms with Crippen molar-refractivity contribution in [1.29, 1.82) is 0 Å². The zero-order valence-electron chi connectivity index (χ0n) is 13.0. The second kappa shape index (κ2) is 9.16. The Bertz CT molecular complexity index is 310. The minimum atomic E-state index is -0.739. The van der Waals surface area contributed by atoms with Crippen molar-refractivity contribution in [2.75, 3.05) is 45.9 Å². The van der Waals surface area contributed by atoms with Crippen LogP contribution >= 0.6 is 24.8 Å². The summed E-state index contributed by atoms with van der Waals surface area (Å²) < 4.78 is 5.37. The average Bonchev–Trinajstić information content (AvgIpc) is 2.39. The van der Waals surface area contributed by atoms with E-state index < -0.39 is 5.54 Å². The first-order chi connectivity index (χ1) is 8.97. The lowest BCUT2D eigenvalue weighted by Gasteiger charge is -2.38. The maximum atomic E-state index is 12.1. The molecule has 2 heterocycles. The summed E-state index contributed by atoms with van der Waals surface area (Å²) in [5.74, 6) is 0.792. The van der Waals surface area contributed by atoms with Gasteiger partial charge >= 0.3 is 0 Å². The number of likely N-dealkylation sites (tertiary alicyclic amines) is 1. The third-order valence-corrected chi connectivity index (χ3v) is 4.07. The van der Waals surface area contributed by atoms with Crippen molar-refractivity contribution in [3.05, 3.63) is 0 Å². The van der Waals surface area contributed by atoms with Gasteiger partial charge in [-0.25, -0.2) is 0 Å². The Morgan fingerprint density at radius 2 is 1.67 bits per heavy atom. The normalized spacial score (nSPS) is 21.4. The SMILES string of the molecule is CC(C)(N)C(=O)N1CCC(CN2CCOCC2)CC1.Cl.Cl. The van der Waals surface area contributed by atoms with E-state index >= 15 is 0 Å². The van der Waals surface area contributed by atoms with Gasteiger partial charge < -0.3 is 15.4 Å². The summed E-state index contributed by atoms with van der Waals surface area (Å²) in [6, 6.07) is 0. The molecule has 2 saturated heterocycles. The number of piperidine rings is 1. The minimum absolute atomic E-state index is 0. The standard InChI is InChI=1S/C14H27N3O2.2ClH/c1-14(2,15)13(18)17-5-3-12(4-6-17)11-16-7-9-19-10-8-16;;/h12H,3-11,15H2,1-2H3;2*1H. The molecule has 2 rings (SSSR count). The smallest absolute Gasteiger partial charge is 0.242 e. The number of amides is 1. The Labute approximate surface area is 140 Å². The summed E-state index contributed by atoms with van der Waals surface area (Å²) in [5.41, 5.74) is 5.14. The van der Waals surface area contributed by atoms with Gasteiger partial charge in [0.2, 0.25) is 5.91 Å². The Morgan fingerprint density at radius 3 is 2.14 bits per heavy atom. The van der Waals surface area contributed by atoms with E-state index in [9.17, 15) is 4.79 Å². The lowest BCUT2D eigenvalue weighted by Crippen LogP contribution is -2.53. The quantitative estimate of drug-likeness (QED) is 0.836. The van der Waals surface area contributed by atoms with Gasteiger partial charge in [-0.15, -0.1) is 24.8 Å². The molecular formula is C14H29Cl2N3O2. The first-order valence-electron chi connectivity index (χ1n) is 7.35. The Morgan fingerprint density at radius 1 is 1.14 bits per heavy atom. The third-order valence-electron chi connectivity index (χ3n) is 4.07. The number of carbonyl (C=O) groups is 1. The maximum Gasteiger partial charge on any atom is 0.242 e. The van der Waals surface area contributed by atoms with Crippen LogP contribution in [-0.4, -0.2) is 67.2 Å². The lowest BCUT2D eigenvalue weighted by atomic mass is 9.94. The van der Waals surface area contributed by atoms with Crippen LogP contribution in [0.3, 0.4) is 0 Å². The van der Waals surface area contributed by atoms with Crippen LogP contribution in [0, 0.1) is 5.92 Å². The van der Waals surface area contributed by atoms with Crippen molar-refractivity contribution in [3.63, 3.8) is 0 Å². The number of hydrogen-bond acceptors (Lipinski definition) is 4. The van der Waals surface area contributed by atoms with Crippen molar-refractivity contribution in [3.8, 4) is 0 Å². The zero-order valence-corrected chi connectivity index (χ0v) is 14.7. The first-order valence-corrected chi connectivity index (χ1v) is 7.35. The summed E-state index contributed by atoms with van der Waals surface area (Å²) >= 11 is 0. The first kappa shape index (κ1) is 20.9. The van der Waals surface area contributed by atoms with Gasteiger partial charge in [0.1, 0.15) is 0 Å². The van der Waals surface area contributed by atoms with Crippen molar-refractivity contribution in [2.45, 2.75) is 32.2 Å². The van der Waals surface area contributed by atoms with Gasteiger partial charge in [0.15, 0.2) is 0 Å². The number of ether oxygens (including phenoxy) is 1. The highest BCUT2D eigenvalue weighted by Gasteiger charge is 2.31. The molecule has 0 atom stereocenters. The fraction of sp³-hybridized carbons (Fsp3) is 0.929. The molecule has 0 aliphatic carbocycles. The molecule has 0 bridgehead atoms. The van der Waals surface area contributed by atoms with Crippen molar-refractivity contribution in [1.82, 2.24) is 9.80 Å². The second-order valence-corrected chi connectivity index (χ2v) is 6.37. The van der Waals surface area contributed by atoms with Gasteiger partial charge in [0, 0.05) is 32.7 Å². The number of halogens is 2. The van der Waals surface area contributed by atoms with E-state index in [0.29, 0.717) is 5.92 Å². The Hall–Kier alpha value is -0.0700. The van der Waals surface area contributed by atoms with Gasteiger partial charge in [-0.1, -0.05) is 0 Å². The lowest BCUT2D eigenvalue weighted by molar-refractivity contribution is -0.137. The zero-order chi connectivity index (χ0) is 13.9. The molecule has 1 amide bonds. The monoisotopic (exact) mass is 341 g/mol. The molecule has 0 unspecified atom stereocenters. The van der Waals surface area contributed by atoms with Gasteiger partial charge in [-0.05, 0) is 32.6 Å². The number of carbonyl (C=O) groups excluding carboxylic acids is 1. The highest BCUT2D eigenvalue weighted by molar-refractivity contribution is 5.86. The molecule has 2 fully saturated rings. The highest BCUT2D eigenvalue weighted by Crippen LogP contribution is 2.20. The van der Waals surface area contributed by atoms with Crippen molar-refractivity contribution in [2.24, 2.45) is 11.7 Å². The number of morpholine rings is 1. The molecule has 2 aliphatic heterocycles. The highest BCUT2D eigenvalue weighted by atomic mass is 35.5. The van der Waals surface area contributed by atoms with E-state index in [1.165, 1.54) is 0 Å². The van der Waals surface area contributed by atoms with Crippen LogP contribution in [0.4, 0.5) is 0 Å². The van der Waals surface area contributed by atoms with Gasteiger partial charge in [-0.2, -0.15) is 0 Å². The molecule has 2 aliphatic rings. The summed E-state index contributed by atoms with van der Waals surface area (Å²) in [4.78, 5) is 16.5. The molecule has 21 heavy (non-hydrogen) atoms. The van der Waals surface area contributed by atoms with Gasteiger partial charge in [0.05, 0.1) is 18.8 Å². The summed E-state index contributed by atoms with van der Waals surface area (Å²) in [5, 5.41) is 0. The molecule has 0 aromatic heterocycles. The van der Waals surface area contributed by atoms with E-state index in [-0.39, 0.29) is 30.7 Å². The average molecular weight is 342 g/mol. The minimum Gasteiger partial charge on any atom is -0.379 e. The molecular weight excluding hydrogens is 313 g/mol. The predicted molar refractivity (Wildman–Crippen MR) is 89.3 cm³/mol.